The van der Waals surface area contributed by atoms with Gasteiger partial charge < -0.3 is 18.8 Å². The number of hydrogen-bond donors (Lipinski definition) is 1. The molecule has 0 atom stereocenters. The molecule has 0 radical (unpaired) electrons. The Morgan fingerprint density at radius 2 is 1.81 bits per heavy atom. The average molecular weight is 495 g/mol. The molecule has 0 bridgehead atoms. The van der Waals surface area contributed by atoms with Crippen LogP contribution < -0.4 is 4.90 Å². The SMILES string of the molecule is CC(C)n1cnnc1-c1ccc2[nH]nc(-c3cc(N4CCOCC4)cc(-n4cnc(C5CC5)c4)c3)c2c1. The zero-order chi connectivity index (χ0) is 24.9. The number of H-pyrrole nitrogens is 1. The maximum atomic E-state index is 5.62. The molecule has 2 fully saturated rings. The fraction of sp³-hybridized carbons (Fsp3) is 0.357. The molecule has 2 aliphatic rings. The number of morpholine rings is 1. The highest BCUT2D eigenvalue weighted by atomic mass is 16.5. The van der Waals surface area contributed by atoms with Crippen LogP contribution in [0.25, 0.3) is 39.2 Å². The molecule has 1 N–H and O–H groups in total. The zero-order valence-electron chi connectivity index (χ0n) is 21.1. The second-order valence-corrected chi connectivity index (χ2v) is 10.3. The van der Waals surface area contributed by atoms with Gasteiger partial charge in [-0.25, -0.2) is 4.98 Å². The van der Waals surface area contributed by atoms with Crippen LogP contribution in [0.1, 0.15) is 44.3 Å². The molecule has 9 heteroatoms. The van der Waals surface area contributed by atoms with Gasteiger partial charge in [0.2, 0.25) is 0 Å². The minimum Gasteiger partial charge on any atom is -0.378 e. The third-order valence-corrected chi connectivity index (χ3v) is 7.40. The molecule has 1 aliphatic carbocycles. The smallest absolute Gasteiger partial charge is 0.164 e. The van der Waals surface area contributed by atoms with Gasteiger partial charge in [0.05, 0.1) is 30.8 Å². The number of imidazole rings is 1. The van der Waals surface area contributed by atoms with Crippen molar-refractivity contribution in [2.24, 2.45) is 0 Å². The fourth-order valence-electron chi connectivity index (χ4n) is 5.15. The molecule has 1 saturated heterocycles. The average Bonchev–Trinajstić information content (AvgIpc) is 3.33. The van der Waals surface area contributed by atoms with Crippen LogP contribution in [-0.4, -0.2) is 60.8 Å². The van der Waals surface area contributed by atoms with E-state index in [1.807, 2.05) is 6.33 Å². The molecule has 37 heavy (non-hydrogen) atoms. The van der Waals surface area contributed by atoms with E-state index in [2.05, 4.69) is 85.8 Å². The van der Waals surface area contributed by atoms with E-state index >= 15 is 0 Å². The van der Waals surface area contributed by atoms with Crippen molar-refractivity contribution in [1.82, 2.24) is 34.5 Å². The first-order chi connectivity index (χ1) is 18.1. The Bertz CT molecular complexity index is 1570. The normalized spacial score (nSPS) is 16.2. The van der Waals surface area contributed by atoms with Crippen LogP contribution in [0.5, 0.6) is 0 Å². The number of nitrogens with one attached hydrogen (secondary N) is 1. The lowest BCUT2D eigenvalue weighted by atomic mass is 10.0. The van der Waals surface area contributed by atoms with E-state index < -0.39 is 0 Å². The summed E-state index contributed by atoms with van der Waals surface area (Å²) in [6.07, 6.45) is 8.39. The summed E-state index contributed by atoms with van der Waals surface area (Å²) >= 11 is 0. The van der Waals surface area contributed by atoms with Crippen molar-refractivity contribution in [3.63, 3.8) is 0 Å². The fourth-order valence-corrected chi connectivity index (χ4v) is 5.15. The largest absolute Gasteiger partial charge is 0.378 e. The summed E-state index contributed by atoms with van der Waals surface area (Å²) in [6, 6.07) is 13.3. The van der Waals surface area contributed by atoms with Gasteiger partial charge in [-0.3, -0.25) is 5.10 Å². The maximum absolute atomic E-state index is 5.62. The number of aromatic nitrogens is 7. The van der Waals surface area contributed by atoms with Gasteiger partial charge in [0.25, 0.3) is 0 Å². The summed E-state index contributed by atoms with van der Waals surface area (Å²) in [5.41, 5.74) is 7.44. The third-order valence-electron chi connectivity index (χ3n) is 7.40. The first-order valence-electron chi connectivity index (χ1n) is 13.0. The number of ether oxygens (including phenoxy) is 1. The van der Waals surface area contributed by atoms with Gasteiger partial charge in [0.1, 0.15) is 12.0 Å². The first kappa shape index (κ1) is 22.2. The number of nitrogens with zero attached hydrogens (tertiary/aromatic N) is 7. The second kappa shape index (κ2) is 8.85. The topological polar surface area (TPSA) is 89.7 Å². The van der Waals surface area contributed by atoms with Gasteiger partial charge in [-0.1, -0.05) is 0 Å². The monoisotopic (exact) mass is 494 g/mol. The number of rotatable bonds is 6. The molecule has 1 saturated carbocycles. The Kier molecular flexibility index (Phi) is 5.32. The number of aromatic amines is 1. The van der Waals surface area contributed by atoms with E-state index in [0.717, 1.165) is 65.5 Å². The summed E-state index contributed by atoms with van der Waals surface area (Å²) < 4.78 is 9.86. The quantitative estimate of drug-likeness (QED) is 0.359. The predicted octanol–water partition coefficient (Wildman–Crippen LogP) is 4.97. The Labute approximate surface area is 215 Å². The van der Waals surface area contributed by atoms with Gasteiger partial charge in [-0.05, 0) is 63.1 Å². The highest BCUT2D eigenvalue weighted by Crippen LogP contribution is 2.40. The molecule has 0 unspecified atom stereocenters. The molecule has 4 heterocycles. The van der Waals surface area contributed by atoms with Crippen molar-refractivity contribution in [2.45, 2.75) is 38.6 Å². The minimum absolute atomic E-state index is 0.271. The maximum Gasteiger partial charge on any atom is 0.164 e. The molecular weight excluding hydrogens is 464 g/mol. The number of benzene rings is 2. The van der Waals surface area contributed by atoms with E-state index in [-0.39, 0.29) is 6.04 Å². The lowest BCUT2D eigenvalue weighted by molar-refractivity contribution is 0.122. The Morgan fingerprint density at radius 1 is 0.973 bits per heavy atom. The molecular formula is C28H30N8O. The van der Waals surface area contributed by atoms with Crippen molar-refractivity contribution in [3.05, 3.63) is 60.9 Å². The van der Waals surface area contributed by atoms with E-state index in [1.165, 1.54) is 24.2 Å². The Morgan fingerprint density at radius 3 is 2.62 bits per heavy atom. The predicted molar refractivity (Wildman–Crippen MR) is 143 cm³/mol. The standard InChI is InChI=1S/C28H30N8O/c1-18(2)36-17-30-33-28(36)20-5-6-25-24(13-20)27(32-31-25)21-11-22(34-7-9-37-10-8-34)14-23(12-21)35-15-26(29-16-35)19-3-4-19/h5-6,11-19H,3-4,7-10H2,1-2H3,(H,31,32). The highest BCUT2D eigenvalue weighted by Gasteiger charge is 2.26. The number of hydrogen-bond acceptors (Lipinski definition) is 6. The van der Waals surface area contributed by atoms with Gasteiger partial charge in [0, 0.05) is 59.1 Å². The molecule has 1 aliphatic heterocycles. The van der Waals surface area contributed by atoms with Gasteiger partial charge in [0.15, 0.2) is 5.82 Å². The van der Waals surface area contributed by atoms with Crippen molar-refractivity contribution >= 4 is 16.6 Å². The molecule has 7 rings (SSSR count). The van der Waals surface area contributed by atoms with E-state index in [4.69, 9.17) is 14.8 Å². The van der Waals surface area contributed by atoms with Crippen molar-refractivity contribution in [2.75, 3.05) is 31.2 Å². The van der Waals surface area contributed by atoms with Crippen molar-refractivity contribution < 1.29 is 4.74 Å². The van der Waals surface area contributed by atoms with Crippen LogP contribution in [0.3, 0.4) is 0 Å². The van der Waals surface area contributed by atoms with Gasteiger partial charge in [-0.2, -0.15) is 5.10 Å². The summed E-state index contributed by atoms with van der Waals surface area (Å²) in [5.74, 6) is 1.47. The van der Waals surface area contributed by atoms with E-state index in [1.54, 1.807) is 6.33 Å². The number of anilines is 1. The van der Waals surface area contributed by atoms with Gasteiger partial charge >= 0.3 is 0 Å². The summed E-state index contributed by atoms with van der Waals surface area (Å²) in [6.45, 7) is 7.49. The van der Waals surface area contributed by atoms with Crippen LogP contribution in [0.4, 0.5) is 5.69 Å². The molecule has 3 aromatic heterocycles. The molecule has 0 spiro atoms. The molecule has 188 valence electrons. The molecule has 2 aromatic carbocycles. The summed E-state index contributed by atoms with van der Waals surface area (Å²) in [5, 5.41) is 17.6. The highest BCUT2D eigenvalue weighted by molar-refractivity contribution is 5.96. The molecule has 5 aromatic rings. The lowest BCUT2D eigenvalue weighted by Crippen LogP contribution is -2.36. The second-order valence-electron chi connectivity index (χ2n) is 10.3. The van der Waals surface area contributed by atoms with Crippen molar-refractivity contribution in [1.29, 1.82) is 0 Å². The molecule has 0 amide bonds. The number of fused-ring (bicyclic) bond motifs is 1. The van der Waals surface area contributed by atoms with E-state index in [9.17, 15) is 0 Å². The zero-order valence-corrected chi connectivity index (χ0v) is 21.1. The van der Waals surface area contributed by atoms with Crippen LogP contribution in [-0.2, 0) is 4.74 Å². The Hall–Kier alpha value is -3.98. The van der Waals surface area contributed by atoms with Crippen LogP contribution in [0, 0.1) is 0 Å². The third kappa shape index (κ3) is 4.09. The summed E-state index contributed by atoms with van der Waals surface area (Å²) in [7, 11) is 0. The van der Waals surface area contributed by atoms with Crippen molar-refractivity contribution in [3.8, 4) is 28.3 Å². The Balaban J connectivity index is 1.35. The van der Waals surface area contributed by atoms with Crippen LogP contribution in [0.15, 0.2) is 55.2 Å². The van der Waals surface area contributed by atoms with Crippen LogP contribution in [0.2, 0.25) is 0 Å². The summed E-state index contributed by atoms with van der Waals surface area (Å²) in [4.78, 5) is 7.08. The lowest BCUT2D eigenvalue weighted by Gasteiger charge is -2.29. The van der Waals surface area contributed by atoms with Gasteiger partial charge in [-0.15, -0.1) is 10.2 Å². The van der Waals surface area contributed by atoms with Crippen LogP contribution >= 0.6 is 0 Å². The molecule has 9 nitrogen and oxygen atoms in total. The minimum atomic E-state index is 0.271. The first-order valence-corrected chi connectivity index (χ1v) is 13.0. The van der Waals surface area contributed by atoms with E-state index in [0.29, 0.717) is 5.92 Å².